The van der Waals surface area contributed by atoms with E-state index < -0.39 is 0 Å². The van der Waals surface area contributed by atoms with Crippen molar-refractivity contribution in [3.63, 3.8) is 0 Å². The van der Waals surface area contributed by atoms with Crippen LogP contribution in [-0.4, -0.2) is 41.8 Å². The summed E-state index contributed by atoms with van der Waals surface area (Å²) >= 11 is 1.57. The second-order valence-electron chi connectivity index (χ2n) is 6.80. The summed E-state index contributed by atoms with van der Waals surface area (Å²) in [5.74, 6) is 1.34. The van der Waals surface area contributed by atoms with Crippen LogP contribution in [0.1, 0.15) is 36.1 Å². The van der Waals surface area contributed by atoms with Gasteiger partial charge in [-0.05, 0) is 31.7 Å². The number of hydrogen-bond donors (Lipinski definition) is 1. The Morgan fingerprint density at radius 2 is 2.12 bits per heavy atom. The van der Waals surface area contributed by atoms with Gasteiger partial charge in [0.1, 0.15) is 11.9 Å². The van der Waals surface area contributed by atoms with Crippen molar-refractivity contribution in [1.82, 2.24) is 9.88 Å². The molecule has 1 N–H and O–H groups in total. The number of urea groups is 1. The molecule has 0 spiro atoms. The molecule has 1 aromatic carbocycles. The van der Waals surface area contributed by atoms with Gasteiger partial charge in [-0.2, -0.15) is 0 Å². The number of carbonyl (C=O) groups is 1. The van der Waals surface area contributed by atoms with Gasteiger partial charge in [0.05, 0.1) is 13.1 Å². The lowest BCUT2D eigenvalue weighted by atomic mass is 9.99. The summed E-state index contributed by atoms with van der Waals surface area (Å²) in [7, 11) is 0. The molecular formula is C19H23N3O3S. The van der Waals surface area contributed by atoms with Gasteiger partial charge < -0.3 is 14.4 Å². The van der Waals surface area contributed by atoms with E-state index in [4.69, 9.17) is 9.47 Å². The highest BCUT2D eigenvalue weighted by Crippen LogP contribution is 2.33. The average Bonchev–Trinajstić information content (AvgIpc) is 3.04. The quantitative estimate of drug-likeness (QED) is 0.868. The van der Waals surface area contributed by atoms with Crippen molar-refractivity contribution in [1.29, 1.82) is 0 Å². The lowest BCUT2D eigenvalue weighted by molar-refractivity contribution is 0.0860. The van der Waals surface area contributed by atoms with Crippen LogP contribution in [0.5, 0.6) is 5.75 Å². The number of hydrogen-bond acceptors (Lipinski definition) is 5. The van der Waals surface area contributed by atoms with Gasteiger partial charge in [-0.1, -0.05) is 18.2 Å². The van der Waals surface area contributed by atoms with Crippen LogP contribution in [0.2, 0.25) is 0 Å². The van der Waals surface area contributed by atoms with Gasteiger partial charge in [-0.25, -0.2) is 9.78 Å². The van der Waals surface area contributed by atoms with Crippen LogP contribution in [0.4, 0.5) is 9.93 Å². The molecule has 2 aliphatic heterocycles. The third kappa shape index (κ3) is 3.83. The predicted octanol–water partition coefficient (Wildman–Crippen LogP) is 3.85. The van der Waals surface area contributed by atoms with Gasteiger partial charge in [0.15, 0.2) is 5.13 Å². The molecule has 2 amide bonds. The number of carbonyl (C=O) groups excluding carboxylic acids is 1. The highest BCUT2D eigenvalue weighted by atomic mass is 32.1. The summed E-state index contributed by atoms with van der Waals surface area (Å²) in [6, 6.07) is 7.74. The van der Waals surface area contributed by atoms with E-state index in [1.165, 1.54) is 4.88 Å². The zero-order chi connectivity index (χ0) is 17.9. The molecule has 7 heteroatoms. The lowest BCUT2D eigenvalue weighted by Crippen LogP contribution is -2.38. The number of ether oxygens (including phenoxy) is 2. The van der Waals surface area contributed by atoms with Crippen LogP contribution in [0, 0.1) is 0 Å². The highest BCUT2D eigenvalue weighted by molar-refractivity contribution is 7.15. The van der Waals surface area contributed by atoms with E-state index in [-0.39, 0.29) is 12.1 Å². The van der Waals surface area contributed by atoms with E-state index in [1.54, 1.807) is 16.2 Å². The molecule has 6 nitrogen and oxygen atoms in total. The van der Waals surface area contributed by atoms with Crippen molar-refractivity contribution >= 4 is 22.5 Å². The largest absolute Gasteiger partial charge is 0.489 e. The molecule has 26 heavy (non-hydrogen) atoms. The number of nitrogens with one attached hydrogen (secondary N) is 1. The molecule has 4 rings (SSSR count). The second-order valence-corrected chi connectivity index (χ2v) is 7.86. The van der Waals surface area contributed by atoms with Crippen molar-refractivity contribution in [3.8, 4) is 5.75 Å². The minimum absolute atomic E-state index is 0.0569. The van der Waals surface area contributed by atoms with Crippen LogP contribution in [-0.2, 0) is 11.3 Å². The summed E-state index contributed by atoms with van der Waals surface area (Å²) in [6.07, 6.45) is 3.87. The summed E-state index contributed by atoms with van der Waals surface area (Å²) in [6.45, 7) is 4.66. The average molecular weight is 373 g/mol. The topological polar surface area (TPSA) is 63.7 Å². The van der Waals surface area contributed by atoms with Crippen molar-refractivity contribution in [2.24, 2.45) is 0 Å². The first-order valence-corrected chi connectivity index (χ1v) is 9.84. The van der Waals surface area contributed by atoms with Gasteiger partial charge in [-0.15, -0.1) is 11.3 Å². The molecule has 0 saturated carbocycles. The number of amides is 2. The number of anilines is 1. The first kappa shape index (κ1) is 17.3. The van der Waals surface area contributed by atoms with Crippen molar-refractivity contribution < 1.29 is 14.3 Å². The zero-order valence-electron chi connectivity index (χ0n) is 14.8. The van der Waals surface area contributed by atoms with Gasteiger partial charge >= 0.3 is 6.03 Å². The lowest BCUT2D eigenvalue weighted by Gasteiger charge is -2.22. The van der Waals surface area contributed by atoms with Crippen LogP contribution < -0.4 is 10.1 Å². The number of thiazole rings is 1. The molecule has 0 radical (unpaired) electrons. The van der Waals surface area contributed by atoms with Crippen molar-refractivity contribution in [3.05, 3.63) is 40.9 Å². The van der Waals surface area contributed by atoms with E-state index in [2.05, 4.69) is 10.3 Å². The molecule has 138 valence electrons. The third-order valence-electron chi connectivity index (χ3n) is 4.79. The Kier molecular flexibility index (Phi) is 5.08. The van der Waals surface area contributed by atoms with E-state index in [9.17, 15) is 4.79 Å². The van der Waals surface area contributed by atoms with E-state index >= 15 is 0 Å². The summed E-state index contributed by atoms with van der Waals surface area (Å²) in [5, 5.41) is 3.61. The molecule has 0 aliphatic carbocycles. The molecule has 1 unspecified atom stereocenters. The molecular weight excluding hydrogens is 350 g/mol. The minimum Gasteiger partial charge on any atom is -0.489 e. The van der Waals surface area contributed by atoms with Crippen LogP contribution >= 0.6 is 11.3 Å². The Balaban J connectivity index is 1.44. The number of nitrogens with zero attached hydrogens (tertiary/aromatic N) is 2. The number of para-hydroxylation sites is 1. The maximum Gasteiger partial charge on any atom is 0.324 e. The van der Waals surface area contributed by atoms with E-state index in [1.807, 2.05) is 37.4 Å². The highest BCUT2D eigenvalue weighted by Gasteiger charge is 2.25. The fraction of sp³-hybridized carbons (Fsp3) is 0.474. The normalized spacial score (nSPS) is 20.8. The zero-order valence-corrected chi connectivity index (χ0v) is 15.6. The Hall–Kier alpha value is -2.12. The molecule has 1 fully saturated rings. The third-order valence-corrected chi connectivity index (χ3v) is 5.86. The standard InChI is InChI=1S/C19H23N3O3S/c1-13-11-22(12-15-4-2-3-5-16(15)25-13)19(23)21-18-20-10-17(26-18)14-6-8-24-9-7-14/h2-5,10,13-14H,6-9,11-12H2,1H3,(H,20,21,23). The Morgan fingerprint density at radius 1 is 1.31 bits per heavy atom. The van der Waals surface area contributed by atoms with Crippen molar-refractivity contribution in [2.75, 3.05) is 25.1 Å². The van der Waals surface area contributed by atoms with Crippen LogP contribution in [0.3, 0.4) is 0 Å². The molecule has 1 aromatic heterocycles. The molecule has 1 atom stereocenters. The summed E-state index contributed by atoms with van der Waals surface area (Å²) < 4.78 is 11.3. The SMILES string of the molecule is CC1CN(C(=O)Nc2ncc(C3CCOCC3)s2)Cc2ccccc2O1. The number of aromatic nitrogens is 1. The predicted molar refractivity (Wildman–Crippen MR) is 101 cm³/mol. The molecule has 3 heterocycles. The fourth-order valence-electron chi connectivity index (χ4n) is 3.42. The second kappa shape index (κ2) is 7.63. The molecule has 2 aliphatic rings. The van der Waals surface area contributed by atoms with Crippen LogP contribution in [0.15, 0.2) is 30.5 Å². The number of fused-ring (bicyclic) bond motifs is 1. The molecule has 1 saturated heterocycles. The van der Waals surface area contributed by atoms with Gasteiger partial charge in [-0.3, -0.25) is 5.32 Å². The monoisotopic (exact) mass is 373 g/mol. The maximum atomic E-state index is 12.8. The maximum absolute atomic E-state index is 12.8. The van der Waals surface area contributed by atoms with Crippen molar-refractivity contribution in [2.45, 2.75) is 38.3 Å². The smallest absolute Gasteiger partial charge is 0.324 e. The first-order chi connectivity index (χ1) is 12.7. The van der Waals surface area contributed by atoms with E-state index in [0.29, 0.717) is 24.1 Å². The number of rotatable bonds is 2. The Morgan fingerprint density at radius 3 is 2.96 bits per heavy atom. The molecule has 0 bridgehead atoms. The Bertz CT molecular complexity index is 773. The summed E-state index contributed by atoms with van der Waals surface area (Å²) in [4.78, 5) is 20.2. The Labute approximate surface area is 157 Å². The minimum atomic E-state index is -0.134. The number of benzene rings is 1. The summed E-state index contributed by atoms with van der Waals surface area (Å²) in [5.41, 5.74) is 1.02. The van der Waals surface area contributed by atoms with Gasteiger partial charge in [0.25, 0.3) is 0 Å². The van der Waals surface area contributed by atoms with Crippen LogP contribution in [0.25, 0.3) is 0 Å². The first-order valence-electron chi connectivity index (χ1n) is 9.03. The van der Waals surface area contributed by atoms with Gasteiger partial charge in [0.2, 0.25) is 0 Å². The fourth-order valence-corrected chi connectivity index (χ4v) is 4.40. The van der Waals surface area contributed by atoms with Gasteiger partial charge in [0, 0.05) is 29.9 Å². The molecule has 2 aromatic rings. The van der Waals surface area contributed by atoms with E-state index in [0.717, 1.165) is 37.4 Å².